The lowest BCUT2D eigenvalue weighted by Gasteiger charge is -2.63. The first-order valence-electron chi connectivity index (χ1n) is 21.0. The topological polar surface area (TPSA) is 172 Å². The van der Waals surface area contributed by atoms with Crippen molar-refractivity contribution in [1.29, 1.82) is 5.26 Å². The fourth-order valence-electron chi connectivity index (χ4n) is 10.3. The molecule has 0 bridgehead atoms. The fourth-order valence-corrected chi connectivity index (χ4v) is 10.5. The molecular weight excluding hydrogens is 798 g/mol. The Balaban J connectivity index is 0.786. The molecule has 4 aliphatic heterocycles. The smallest absolute Gasteiger partial charge is 0.262 e. The van der Waals surface area contributed by atoms with Crippen LogP contribution in [0.4, 0.5) is 5.69 Å². The van der Waals surface area contributed by atoms with E-state index in [1.54, 1.807) is 54.6 Å². The summed E-state index contributed by atoms with van der Waals surface area (Å²) in [5.41, 5.74) is 2.00. The Morgan fingerprint density at radius 2 is 1.49 bits per heavy atom. The van der Waals surface area contributed by atoms with Gasteiger partial charge in [-0.25, -0.2) is 0 Å². The second-order valence-corrected chi connectivity index (χ2v) is 18.5. The van der Waals surface area contributed by atoms with Gasteiger partial charge in [0, 0.05) is 92.0 Å². The molecule has 8 rings (SSSR count). The summed E-state index contributed by atoms with van der Waals surface area (Å²) in [5.74, 6) is -1.26. The minimum Gasteiger partial charge on any atom is -0.489 e. The lowest BCUT2D eigenvalue weighted by Crippen LogP contribution is -2.74. The van der Waals surface area contributed by atoms with Crippen LogP contribution in [0.3, 0.4) is 0 Å². The van der Waals surface area contributed by atoms with Gasteiger partial charge in [-0.1, -0.05) is 39.3 Å². The Bertz CT molecular complexity index is 2330. The van der Waals surface area contributed by atoms with Gasteiger partial charge in [0.25, 0.3) is 23.6 Å². The number of nitriles is 1. The quantitative estimate of drug-likeness (QED) is 0.282. The number of nitrogens with zero attached hydrogens (tertiary/aromatic N) is 5. The summed E-state index contributed by atoms with van der Waals surface area (Å²) in [6, 6.07) is 18.0. The number of rotatable bonds is 9. The van der Waals surface area contributed by atoms with Gasteiger partial charge in [-0.05, 0) is 79.8 Å². The normalized spacial score (nSPS) is 23.8. The SMILES string of the molecule is CC1(C)[C@H](NC(=O)c2ccc(C(=O)N3CCN(CC4CCN(c5ccc6c(c5)C(=O)N(C5CCC(=O)NC5=O)C6=O)CC4)CC3)cc2)C(C)(C)[C@H]1Oc1ccc(C#N)c(Cl)c1. The van der Waals surface area contributed by atoms with Crippen molar-refractivity contribution < 1.29 is 33.5 Å². The number of benzene rings is 3. The molecule has 1 saturated carbocycles. The number of ether oxygens (including phenoxy) is 1. The summed E-state index contributed by atoms with van der Waals surface area (Å²) in [6.45, 7) is 13.5. The first-order valence-corrected chi connectivity index (χ1v) is 21.3. The molecule has 318 valence electrons. The van der Waals surface area contributed by atoms with Crippen LogP contribution in [-0.4, -0.2) is 114 Å². The molecule has 0 radical (unpaired) electrons. The van der Waals surface area contributed by atoms with E-state index in [9.17, 15) is 34.0 Å². The van der Waals surface area contributed by atoms with E-state index in [0.29, 0.717) is 46.5 Å². The second kappa shape index (κ2) is 16.2. The van der Waals surface area contributed by atoms with Crippen LogP contribution in [0.25, 0.3) is 0 Å². The number of halogens is 1. The summed E-state index contributed by atoms with van der Waals surface area (Å²) in [6.07, 6.45) is 1.90. The fraction of sp³-hybridized carbons (Fsp3) is 0.457. The van der Waals surface area contributed by atoms with Gasteiger partial charge >= 0.3 is 0 Å². The average molecular weight is 848 g/mol. The molecule has 4 heterocycles. The largest absolute Gasteiger partial charge is 0.489 e. The number of nitrogens with one attached hydrogen (secondary N) is 2. The molecule has 6 amide bonds. The maximum absolute atomic E-state index is 13.5. The standard InChI is InChI=1S/C46H50ClN7O7/c1-45(2)43(46(3,4)44(45)61-32-11-9-30(25-48)35(47)24-32)50-38(56)28-5-7-29(8-6-28)40(58)53-21-19-51(20-22-53)26-27-15-17-52(18-16-27)31-10-12-33-34(23-31)42(60)54(41(33)59)36-13-14-37(55)49-39(36)57/h5-12,23-24,27,36,43-44H,13-22,26H2,1-4H3,(H,50,56)(H,49,55,57)/t36?,43-,44-. The Morgan fingerprint density at radius 3 is 2.13 bits per heavy atom. The number of imide groups is 2. The minimum absolute atomic E-state index is 0.0566. The van der Waals surface area contributed by atoms with E-state index in [4.69, 9.17) is 16.3 Å². The zero-order chi connectivity index (χ0) is 43.4. The van der Waals surface area contributed by atoms with Crippen molar-refractivity contribution in [2.24, 2.45) is 16.7 Å². The third kappa shape index (κ3) is 7.85. The highest BCUT2D eigenvalue weighted by Gasteiger charge is 2.64. The van der Waals surface area contributed by atoms with Crippen LogP contribution in [-0.2, 0) is 9.59 Å². The van der Waals surface area contributed by atoms with E-state index in [0.717, 1.165) is 56.2 Å². The van der Waals surface area contributed by atoms with Crippen LogP contribution in [0.2, 0.25) is 5.02 Å². The summed E-state index contributed by atoms with van der Waals surface area (Å²) in [7, 11) is 0. The molecule has 4 fully saturated rings. The third-order valence-corrected chi connectivity index (χ3v) is 13.7. The van der Waals surface area contributed by atoms with E-state index in [1.807, 2.05) is 11.0 Å². The summed E-state index contributed by atoms with van der Waals surface area (Å²) in [4.78, 5) is 85.0. The molecule has 3 aromatic rings. The van der Waals surface area contributed by atoms with Crippen molar-refractivity contribution in [3.63, 3.8) is 0 Å². The van der Waals surface area contributed by atoms with Gasteiger partial charge in [0.2, 0.25) is 11.8 Å². The number of hydrogen-bond donors (Lipinski definition) is 2. The Labute approximate surface area is 360 Å². The summed E-state index contributed by atoms with van der Waals surface area (Å²) in [5, 5.41) is 15.0. The number of carbonyl (C=O) groups is 6. The van der Waals surface area contributed by atoms with Crippen molar-refractivity contribution >= 4 is 52.7 Å². The molecule has 5 aliphatic rings. The third-order valence-electron chi connectivity index (χ3n) is 13.4. The molecule has 0 aromatic heterocycles. The molecule has 1 unspecified atom stereocenters. The van der Waals surface area contributed by atoms with Gasteiger partial charge in [-0.15, -0.1) is 0 Å². The number of hydrogen-bond acceptors (Lipinski definition) is 10. The Kier molecular flexibility index (Phi) is 11.2. The van der Waals surface area contributed by atoms with Gasteiger partial charge in [-0.2, -0.15) is 5.26 Å². The molecule has 1 aliphatic carbocycles. The summed E-state index contributed by atoms with van der Waals surface area (Å²) >= 11 is 6.24. The van der Waals surface area contributed by atoms with Crippen LogP contribution < -0.4 is 20.3 Å². The number of piperidine rings is 2. The molecule has 0 spiro atoms. The van der Waals surface area contributed by atoms with E-state index >= 15 is 0 Å². The highest BCUT2D eigenvalue weighted by Crippen LogP contribution is 2.55. The van der Waals surface area contributed by atoms with Crippen LogP contribution in [0.1, 0.15) is 100 Å². The predicted octanol–water partition coefficient (Wildman–Crippen LogP) is 4.90. The van der Waals surface area contributed by atoms with Crippen molar-refractivity contribution in [3.05, 3.63) is 93.5 Å². The predicted molar refractivity (Wildman–Crippen MR) is 226 cm³/mol. The highest BCUT2D eigenvalue weighted by molar-refractivity contribution is 6.31. The molecule has 3 aromatic carbocycles. The highest BCUT2D eigenvalue weighted by atomic mass is 35.5. The monoisotopic (exact) mass is 847 g/mol. The first kappa shape index (κ1) is 41.9. The van der Waals surface area contributed by atoms with Crippen molar-refractivity contribution in [2.45, 2.75) is 71.6 Å². The van der Waals surface area contributed by atoms with E-state index in [2.05, 4.69) is 54.2 Å². The minimum atomic E-state index is -0.990. The van der Waals surface area contributed by atoms with Gasteiger partial charge in [0.1, 0.15) is 24.0 Å². The van der Waals surface area contributed by atoms with E-state index in [1.165, 1.54) is 0 Å². The van der Waals surface area contributed by atoms with E-state index in [-0.39, 0.29) is 47.9 Å². The van der Waals surface area contributed by atoms with E-state index < -0.39 is 40.5 Å². The van der Waals surface area contributed by atoms with Crippen LogP contribution in [0.15, 0.2) is 60.7 Å². The van der Waals surface area contributed by atoms with Crippen molar-refractivity contribution in [3.8, 4) is 11.8 Å². The Hall–Kier alpha value is -5.78. The number of fused-ring (bicyclic) bond motifs is 1. The van der Waals surface area contributed by atoms with Gasteiger partial charge < -0.3 is 19.9 Å². The average Bonchev–Trinajstić information content (AvgIpc) is 3.49. The molecule has 2 N–H and O–H groups in total. The van der Waals surface area contributed by atoms with Crippen molar-refractivity contribution in [1.82, 2.24) is 25.3 Å². The zero-order valence-electron chi connectivity index (χ0n) is 34.8. The number of amides is 6. The van der Waals surface area contributed by atoms with Crippen molar-refractivity contribution in [2.75, 3.05) is 50.7 Å². The molecule has 61 heavy (non-hydrogen) atoms. The maximum Gasteiger partial charge on any atom is 0.262 e. The molecular formula is C46H50ClN7O7. The molecule has 15 heteroatoms. The Morgan fingerprint density at radius 1 is 0.836 bits per heavy atom. The number of anilines is 1. The van der Waals surface area contributed by atoms with Gasteiger partial charge in [0.05, 0.1) is 21.7 Å². The lowest BCUT2D eigenvalue weighted by molar-refractivity contribution is -0.164. The molecule has 3 saturated heterocycles. The van der Waals surface area contributed by atoms with Gasteiger partial charge in [0.15, 0.2) is 0 Å². The zero-order valence-corrected chi connectivity index (χ0v) is 35.6. The number of piperazine rings is 1. The first-order chi connectivity index (χ1) is 29.1. The van der Waals surface area contributed by atoms with Crippen LogP contribution in [0, 0.1) is 28.1 Å². The second-order valence-electron chi connectivity index (χ2n) is 18.1. The number of carbonyl (C=O) groups excluding carboxylic acids is 6. The lowest BCUT2D eigenvalue weighted by atomic mass is 9.49. The summed E-state index contributed by atoms with van der Waals surface area (Å²) < 4.78 is 6.36. The van der Waals surface area contributed by atoms with Crippen LogP contribution in [0.5, 0.6) is 5.75 Å². The molecule has 1 atom stereocenters. The maximum atomic E-state index is 13.5. The molecule has 14 nitrogen and oxygen atoms in total. The van der Waals surface area contributed by atoms with Crippen LogP contribution >= 0.6 is 11.6 Å². The van der Waals surface area contributed by atoms with Gasteiger partial charge in [-0.3, -0.25) is 43.9 Å².